The fourth-order valence-corrected chi connectivity index (χ4v) is 4.92. The van der Waals surface area contributed by atoms with Crippen molar-refractivity contribution in [1.82, 2.24) is 20.4 Å². The predicted octanol–water partition coefficient (Wildman–Crippen LogP) is 2.12. The molecular weight excluding hydrogens is 380 g/mol. The quantitative estimate of drug-likeness (QED) is 0.748. The average Bonchev–Trinajstić information content (AvgIpc) is 3.46. The van der Waals surface area contributed by atoms with Crippen LogP contribution in [0.3, 0.4) is 0 Å². The Morgan fingerprint density at radius 3 is 2.43 bits per heavy atom. The minimum atomic E-state index is -0.752. The third kappa shape index (κ3) is 5.13. The van der Waals surface area contributed by atoms with Gasteiger partial charge in [-0.2, -0.15) is 0 Å². The lowest BCUT2D eigenvalue weighted by atomic mass is 9.95. The van der Waals surface area contributed by atoms with Gasteiger partial charge in [0.25, 0.3) is 0 Å². The van der Waals surface area contributed by atoms with Gasteiger partial charge >= 0.3 is 6.03 Å². The Morgan fingerprint density at radius 2 is 1.77 bits per heavy atom. The van der Waals surface area contributed by atoms with Crippen LogP contribution in [-0.4, -0.2) is 72.7 Å². The summed E-state index contributed by atoms with van der Waals surface area (Å²) < 4.78 is 5.75. The fourth-order valence-electron chi connectivity index (χ4n) is 4.92. The van der Waals surface area contributed by atoms with Gasteiger partial charge in [0.2, 0.25) is 5.91 Å². The number of benzene rings is 1. The van der Waals surface area contributed by atoms with Gasteiger partial charge in [0.1, 0.15) is 5.54 Å². The molecule has 3 amide bonds. The number of urea groups is 1. The van der Waals surface area contributed by atoms with Crippen molar-refractivity contribution in [2.75, 3.05) is 39.3 Å². The van der Waals surface area contributed by atoms with Gasteiger partial charge in [-0.25, -0.2) is 4.79 Å². The first-order valence-corrected chi connectivity index (χ1v) is 11.4. The Labute approximate surface area is 179 Å². The first kappa shape index (κ1) is 21.1. The van der Waals surface area contributed by atoms with Crippen LogP contribution in [-0.2, 0) is 16.1 Å². The van der Waals surface area contributed by atoms with E-state index in [1.807, 2.05) is 35.2 Å². The van der Waals surface area contributed by atoms with E-state index >= 15 is 0 Å². The number of hydrogen-bond donors (Lipinski definition) is 2. The highest BCUT2D eigenvalue weighted by Gasteiger charge is 2.45. The molecule has 2 saturated heterocycles. The fraction of sp³-hybridized carbons (Fsp3) is 0.652. The van der Waals surface area contributed by atoms with Crippen molar-refractivity contribution in [3.63, 3.8) is 0 Å². The number of ether oxygens (including phenoxy) is 1. The summed E-state index contributed by atoms with van der Waals surface area (Å²) in [6.45, 7) is 5.50. The van der Waals surface area contributed by atoms with Crippen LogP contribution >= 0.6 is 0 Å². The lowest BCUT2D eigenvalue weighted by Crippen LogP contribution is -2.62. The van der Waals surface area contributed by atoms with Crippen molar-refractivity contribution in [3.05, 3.63) is 35.9 Å². The van der Waals surface area contributed by atoms with Crippen LogP contribution in [0.25, 0.3) is 0 Å². The summed E-state index contributed by atoms with van der Waals surface area (Å²) in [6, 6.07) is 9.56. The number of hydrogen-bond acceptors (Lipinski definition) is 4. The zero-order valence-electron chi connectivity index (χ0n) is 17.8. The first-order valence-electron chi connectivity index (χ1n) is 11.4. The van der Waals surface area contributed by atoms with Crippen molar-refractivity contribution >= 4 is 11.9 Å². The molecule has 4 rings (SSSR count). The van der Waals surface area contributed by atoms with Gasteiger partial charge in [-0.15, -0.1) is 0 Å². The molecule has 0 spiro atoms. The van der Waals surface area contributed by atoms with Crippen LogP contribution in [0.5, 0.6) is 0 Å². The van der Waals surface area contributed by atoms with Gasteiger partial charge in [-0.1, -0.05) is 43.2 Å². The van der Waals surface area contributed by atoms with Gasteiger partial charge in [-0.3, -0.25) is 9.69 Å². The minimum Gasteiger partial charge on any atom is -0.377 e. The normalized spacial score (nSPS) is 24.0. The monoisotopic (exact) mass is 414 g/mol. The molecule has 1 saturated carbocycles. The summed E-state index contributed by atoms with van der Waals surface area (Å²) in [5.41, 5.74) is 0.291. The van der Waals surface area contributed by atoms with Crippen molar-refractivity contribution in [2.45, 2.75) is 56.7 Å². The van der Waals surface area contributed by atoms with Gasteiger partial charge in [0.05, 0.1) is 6.10 Å². The first-order chi connectivity index (χ1) is 14.6. The molecule has 1 atom stereocenters. The maximum atomic E-state index is 13.4. The Morgan fingerprint density at radius 1 is 1.03 bits per heavy atom. The molecule has 1 aromatic carbocycles. The van der Waals surface area contributed by atoms with E-state index < -0.39 is 5.54 Å². The lowest BCUT2D eigenvalue weighted by molar-refractivity contribution is -0.139. The van der Waals surface area contributed by atoms with E-state index in [-0.39, 0.29) is 11.9 Å². The zero-order valence-corrected chi connectivity index (χ0v) is 17.8. The third-order valence-corrected chi connectivity index (χ3v) is 6.66. The smallest absolute Gasteiger partial charge is 0.315 e. The van der Waals surface area contributed by atoms with Crippen LogP contribution < -0.4 is 10.6 Å². The molecular formula is C23H34N4O3. The summed E-state index contributed by atoms with van der Waals surface area (Å²) >= 11 is 0. The van der Waals surface area contributed by atoms with Crippen LogP contribution in [0.1, 0.15) is 44.1 Å². The Kier molecular flexibility index (Phi) is 6.89. The topological polar surface area (TPSA) is 73.9 Å². The average molecular weight is 415 g/mol. The number of nitrogens with one attached hydrogen (secondary N) is 2. The SMILES string of the molecule is O=C(NCc1ccccc1)NC1(C(=O)N2CCN(CC3CCCO3)CC2)CCCC1. The molecule has 3 fully saturated rings. The highest BCUT2D eigenvalue weighted by atomic mass is 16.5. The number of nitrogens with zero attached hydrogens (tertiary/aromatic N) is 2. The van der Waals surface area contributed by atoms with Crippen molar-refractivity contribution in [2.24, 2.45) is 0 Å². The molecule has 1 aliphatic carbocycles. The van der Waals surface area contributed by atoms with Crippen LogP contribution in [0, 0.1) is 0 Å². The maximum absolute atomic E-state index is 13.4. The standard InChI is InChI=1S/C23H34N4O3/c28-21(27-14-12-26(13-15-27)18-20-9-6-16-30-20)23(10-4-5-11-23)25-22(29)24-17-19-7-2-1-3-8-19/h1-3,7-8,20H,4-6,9-18H2,(H2,24,25,29). The maximum Gasteiger partial charge on any atom is 0.315 e. The van der Waals surface area contributed by atoms with E-state index in [0.717, 1.165) is 83.4 Å². The molecule has 2 heterocycles. The molecule has 0 radical (unpaired) electrons. The van der Waals surface area contributed by atoms with Crippen LogP contribution in [0.15, 0.2) is 30.3 Å². The molecule has 7 nitrogen and oxygen atoms in total. The molecule has 30 heavy (non-hydrogen) atoms. The van der Waals surface area contributed by atoms with Crippen LogP contribution in [0.2, 0.25) is 0 Å². The van der Waals surface area contributed by atoms with E-state index in [1.54, 1.807) is 0 Å². The van der Waals surface area contributed by atoms with E-state index in [1.165, 1.54) is 0 Å². The summed E-state index contributed by atoms with van der Waals surface area (Å²) in [6.07, 6.45) is 6.05. The largest absolute Gasteiger partial charge is 0.377 e. The molecule has 2 N–H and O–H groups in total. The minimum absolute atomic E-state index is 0.0895. The second kappa shape index (κ2) is 9.79. The molecule has 1 aromatic rings. The summed E-state index contributed by atoms with van der Waals surface area (Å²) in [4.78, 5) is 30.4. The lowest BCUT2D eigenvalue weighted by Gasteiger charge is -2.40. The molecule has 7 heteroatoms. The van der Waals surface area contributed by atoms with Gasteiger partial charge in [0.15, 0.2) is 0 Å². The Hall–Kier alpha value is -2.12. The summed E-state index contributed by atoms with van der Waals surface area (Å²) in [5, 5.41) is 5.97. The van der Waals surface area contributed by atoms with Crippen molar-refractivity contribution < 1.29 is 14.3 Å². The highest BCUT2D eigenvalue weighted by Crippen LogP contribution is 2.32. The number of carbonyl (C=O) groups is 2. The number of piperazine rings is 1. The molecule has 164 valence electrons. The molecule has 2 aliphatic heterocycles. The molecule has 0 bridgehead atoms. The Balaban J connectivity index is 1.29. The van der Waals surface area contributed by atoms with E-state index in [4.69, 9.17) is 4.74 Å². The predicted molar refractivity (Wildman–Crippen MR) is 115 cm³/mol. The summed E-state index contributed by atoms with van der Waals surface area (Å²) in [5.74, 6) is 0.0895. The Bertz CT molecular complexity index is 706. The second-order valence-corrected chi connectivity index (χ2v) is 8.81. The van der Waals surface area contributed by atoms with Gasteiger partial charge in [0, 0.05) is 45.9 Å². The van der Waals surface area contributed by atoms with Crippen LogP contribution in [0.4, 0.5) is 4.79 Å². The number of carbonyl (C=O) groups excluding carboxylic acids is 2. The molecule has 0 aromatic heterocycles. The third-order valence-electron chi connectivity index (χ3n) is 6.66. The number of amides is 3. The zero-order chi connectivity index (χ0) is 20.8. The van der Waals surface area contributed by atoms with E-state index in [9.17, 15) is 9.59 Å². The summed E-state index contributed by atoms with van der Waals surface area (Å²) in [7, 11) is 0. The van der Waals surface area contributed by atoms with Crippen molar-refractivity contribution in [3.8, 4) is 0 Å². The molecule has 1 unspecified atom stereocenters. The molecule has 3 aliphatic rings. The van der Waals surface area contributed by atoms with Gasteiger partial charge < -0.3 is 20.3 Å². The van der Waals surface area contributed by atoms with Gasteiger partial charge in [-0.05, 0) is 31.2 Å². The highest BCUT2D eigenvalue weighted by molar-refractivity contribution is 5.91. The second-order valence-electron chi connectivity index (χ2n) is 8.81. The van der Waals surface area contributed by atoms with E-state index in [0.29, 0.717) is 12.6 Å². The van der Waals surface area contributed by atoms with Crippen molar-refractivity contribution in [1.29, 1.82) is 0 Å². The van der Waals surface area contributed by atoms with E-state index in [2.05, 4.69) is 15.5 Å². The number of rotatable bonds is 6.